The van der Waals surface area contributed by atoms with Gasteiger partial charge in [0.1, 0.15) is 6.04 Å². The molecule has 1 aromatic carbocycles. The number of thioether (sulfide) groups is 1. The zero-order valence-electron chi connectivity index (χ0n) is 11.5. The third-order valence-corrected chi connectivity index (χ3v) is 3.95. The van der Waals surface area contributed by atoms with Crippen LogP contribution in [0.2, 0.25) is 0 Å². The second kappa shape index (κ2) is 6.14. The number of carbonyl (C=O) groups excluding carboxylic acids is 2. The highest BCUT2D eigenvalue weighted by Gasteiger charge is 2.43. The van der Waals surface area contributed by atoms with Gasteiger partial charge in [-0.3, -0.25) is 24.6 Å². The smallest absolute Gasteiger partial charge is 0.326 e. The van der Waals surface area contributed by atoms with Crippen LogP contribution in [0.5, 0.6) is 0 Å². The van der Waals surface area contributed by atoms with E-state index in [9.17, 15) is 29.6 Å². The first-order chi connectivity index (χ1) is 10.4. The molecule has 1 aliphatic rings. The quantitative estimate of drug-likeness (QED) is 0.477. The van der Waals surface area contributed by atoms with Crippen molar-refractivity contribution < 1.29 is 24.4 Å². The van der Waals surface area contributed by atoms with E-state index in [2.05, 4.69) is 0 Å². The number of carbonyl (C=O) groups is 3. The van der Waals surface area contributed by atoms with Gasteiger partial charge in [0.2, 0.25) is 0 Å². The van der Waals surface area contributed by atoms with E-state index >= 15 is 0 Å². The highest BCUT2D eigenvalue weighted by molar-refractivity contribution is 7.98. The number of rotatable bonds is 6. The van der Waals surface area contributed by atoms with Crippen LogP contribution in [0.3, 0.4) is 0 Å². The summed E-state index contributed by atoms with van der Waals surface area (Å²) in [6.07, 6.45) is 1.90. The molecule has 0 fully saturated rings. The van der Waals surface area contributed by atoms with Crippen LogP contribution in [0.4, 0.5) is 5.69 Å². The molecule has 0 radical (unpaired) electrons. The maximum absolute atomic E-state index is 12.3. The van der Waals surface area contributed by atoms with E-state index in [1.165, 1.54) is 17.8 Å². The molecule has 0 saturated heterocycles. The molecule has 116 valence electrons. The normalized spacial score (nSPS) is 14.9. The average molecular weight is 324 g/mol. The van der Waals surface area contributed by atoms with Crippen LogP contribution in [0.15, 0.2) is 18.2 Å². The Morgan fingerprint density at radius 2 is 2.00 bits per heavy atom. The molecule has 0 bridgehead atoms. The van der Waals surface area contributed by atoms with E-state index < -0.39 is 28.7 Å². The van der Waals surface area contributed by atoms with Gasteiger partial charge >= 0.3 is 5.97 Å². The number of non-ortho nitro benzene ring substituents is 1. The summed E-state index contributed by atoms with van der Waals surface area (Å²) in [7, 11) is 0. The van der Waals surface area contributed by atoms with Gasteiger partial charge in [-0.05, 0) is 24.5 Å². The lowest BCUT2D eigenvalue weighted by molar-refractivity contribution is -0.384. The van der Waals surface area contributed by atoms with E-state index in [1.54, 1.807) is 6.26 Å². The Labute approximate surface area is 129 Å². The van der Waals surface area contributed by atoms with Gasteiger partial charge < -0.3 is 5.11 Å². The van der Waals surface area contributed by atoms with E-state index in [0.717, 1.165) is 12.1 Å². The molecule has 9 heteroatoms. The SMILES string of the molecule is CSCC[C@@H](C(=O)O)N1C(=O)c2ccc([N+](=O)[O-])cc2C1=O. The fourth-order valence-electron chi connectivity index (χ4n) is 2.24. The highest BCUT2D eigenvalue weighted by atomic mass is 32.2. The predicted molar refractivity (Wildman–Crippen MR) is 78.0 cm³/mol. The lowest BCUT2D eigenvalue weighted by atomic mass is 10.1. The number of imide groups is 1. The number of hydrogen-bond donors (Lipinski definition) is 1. The van der Waals surface area contributed by atoms with Crippen LogP contribution < -0.4 is 0 Å². The molecule has 2 rings (SSSR count). The summed E-state index contributed by atoms with van der Waals surface area (Å²) in [5.41, 5.74) is -0.460. The molecule has 1 N–H and O–H groups in total. The van der Waals surface area contributed by atoms with E-state index in [0.29, 0.717) is 10.7 Å². The molecule has 2 amide bonds. The van der Waals surface area contributed by atoms with E-state index in [4.69, 9.17) is 0 Å². The van der Waals surface area contributed by atoms with Crippen molar-refractivity contribution in [1.82, 2.24) is 4.90 Å². The molecule has 8 nitrogen and oxygen atoms in total. The minimum atomic E-state index is -1.28. The summed E-state index contributed by atoms with van der Waals surface area (Å²) in [4.78, 5) is 46.7. The third kappa shape index (κ3) is 2.67. The zero-order valence-corrected chi connectivity index (χ0v) is 12.3. The summed E-state index contributed by atoms with van der Waals surface area (Å²) >= 11 is 1.40. The van der Waals surface area contributed by atoms with Crippen molar-refractivity contribution in [3.63, 3.8) is 0 Å². The van der Waals surface area contributed by atoms with Crippen LogP contribution in [0, 0.1) is 10.1 Å². The molecule has 0 spiro atoms. The molecule has 0 aromatic heterocycles. The zero-order chi connectivity index (χ0) is 16.4. The number of fused-ring (bicyclic) bond motifs is 1. The highest BCUT2D eigenvalue weighted by Crippen LogP contribution is 2.29. The lowest BCUT2D eigenvalue weighted by Crippen LogP contribution is -2.45. The van der Waals surface area contributed by atoms with Crippen molar-refractivity contribution in [2.45, 2.75) is 12.5 Å². The summed E-state index contributed by atoms with van der Waals surface area (Å²) < 4.78 is 0. The Morgan fingerprint density at radius 3 is 2.55 bits per heavy atom. The van der Waals surface area contributed by atoms with Gasteiger partial charge in [-0.25, -0.2) is 4.79 Å². The largest absolute Gasteiger partial charge is 0.480 e. The van der Waals surface area contributed by atoms with Gasteiger partial charge in [0.25, 0.3) is 17.5 Å². The number of nitrogens with zero attached hydrogens (tertiary/aromatic N) is 2. The van der Waals surface area contributed by atoms with Crippen LogP contribution in [0.1, 0.15) is 27.1 Å². The number of hydrogen-bond acceptors (Lipinski definition) is 6. The lowest BCUT2D eigenvalue weighted by Gasteiger charge is -2.22. The van der Waals surface area contributed by atoms with Crippen molar-refractivity contribution >= 4 is 35.2 Å². The number of carboxylic acid groups (broad SMARTS) is 1. The molecule has 1 aliphatic heterocycles. The first-order valence-corrected chi connectivity index (χ1v) is 7.66. The first-order valence-electron chi connectivity index (χ1n) is 6.26. The van der Waals surface area contributed by atoms with Crippen molar-refractivity contribution in [3.05, 3.63) is 39.4 Å². The Hall–Kier alpha value is -2.42. The van der Waals surface area contributed by atoms with Gasteiger partial charge in [0, 0.05) is 12.1 Å². The van der Waals surface area contributed by atoms with Crippen LogP contribution in [-0.2, 0) is 4.79 Å². The minimum absolute atomic E-state index is 0.00833. The molecular formula is C13H12N2O6S. The second-order valence-corrected chi connectivity index (χ2v) is 5.59. The number of nitro groups is 1. The molecule has 1 aromatic rings. The van der Waals surface area contributed by atoms with E-state index in [1.807, 2.05) is 0 Å². The fourth-order valence-corrected chi connectivity index (χ4v) is 2.70. The Balaban J connectivity index is 2.40. The Morgan fingerprint density at radius 1 is 1.36 bits per heavy atom. The number of nitro benzene ring substituents is 1. The number of aliphatic carboxylic acids is 1. The van der Waals surface area contributed by atoms with Crippen molar-refractivity contribution in [2.24, 2.45) is 0 Å². The topological polar surface area (TPSA) is 118 Å². The van der Waals surface area contributed by atoms with Crippen LogP contribution in [-0.4, -0.2) is 50.8 Å². The van der Waals surface area contributed by atoms with Crippen LogP contribution >= 0.6 is 11.8 Å². The molecule has 1 heterocycles. The third-order valence-electron chi connectivity index (χ3n) is 3.30. The van der Waals surface area contributed by atoms with Crippen molar-refractivity contribution in [2.75, 3.05) is 12.0 Å². The Kier molecular flexibility index (Phi) is 4.45. The van der Waals surface area contributed by atoms with Crippen molar-refractivity contribution in [1.29, 1.82) is 0 Å². The van der Waals surface area contributed by atoms with Crippen LogP contribution in [0.25, 0.3) is 0 Å². The molecule has 0 saturated carbocycles. The predicted octanol–water partition coefficient (Wildman–Crippen LogP) is 1.40. The number of amides is 2. The monoisotopic (exact) mass is 324 g/mol. The second-order valence-electron chi connectivity index (χ2n) is 4.60. The number of benzene rings is 1. The van der Waals surface area contributed by atoms with Crippen molar-refractivity contribution in [3.8, 4) is 0 Å². The molecular weight excluding hydrogens is 312 g/mol. The number of carboxylic acids is 1. The Bertz CT molecular complexity index is 674. The summed E-state index contributed by atoms with van der Waals surface area (Å²) in [5.74, 6) is -2.36. The first kappa shape index (κ1) is 16.0. The molecule has 1 atom stereocenters. The van der Waals surface area contributed by atoms with Gasteiger partial charge in [0.05, 0.1) is 16.1 Å². The summed E-state index contributed by atoms with van der Waals surface area (Å²) in [6.45, 7) is 0. The average Bonchev–Trinajstić information content (AvgIpc) is 2.72. The fraction of sp³-hybridized carbons (Fsp3) is 0.308. The minimum Gasteiger partial charge on any atom is -0.480 e. The maximum atomic E-state index is 12.3. The standard InChI is InChI=1S/C13H12N2O6S/c1-22-5-4-10(13(18)19)14-11(16)8-3-2-7(15(20)21)6-9(8)12(14)17/h2-3,6,10H,4-5H2,1H3,(H,18,19)/t10-/m0/s1. The maximum Gasteiger partial charge on any atom is 0.326 e. The van der Waals surface area contributed by atoms with Gasteiger partial charge in [0.15, 0.2) is 0 Å². The molecule has 22 heavy (non-hydrogen) atoms. The summed E-state index contributed by atoms with van der Waals surface area (Å²) in [6, 6.07) is 2.02. The van der Waals surface area contributed by atoms with Gasteiger partial charge in [-0.1, -0.05) is 0 Å². The summed E-state index contributed by atoms with van der Waals surface area (Å²) in [5, 5.41) is 20.0. The molecule has 0 unspecified atom stereocenters. The van der Waals surface area contributed by atoms with E-state index in [-0.39, 0.29) is 23.2 Å². The van der Waals surface area contributed by atoms with Gasteiger partial charge in [-0.15, -0.1) is 0 Å². The molecule has 0 aliphatic carbocycles. The van der Waals surface area contributed by atoms with Gasteiger partial charge in [-0.2, -0.15) is 11.8 Å².